The number of hydrogen-bond acceptors (Lipinski definition) is 3. The summed E-state index contributed by atoms with van der Waals surface area (Å²) in [5.41, 5.74) is 8.17. The van der Waals surface area contributed by atoms with Crippen molar-refractivity contribution >= 4 is 28.8 Å². The van der Waals surface area contributed by atoms with Crippen LogP contribution < -0.4 is 11.1 Å². The van der Waals surface area contributed by atoms with Crippen LogP contribution in [0.3, 0.4) is 0 Å². The molecule has 0 atom stereocenters. The third kappa shape index (κ3) is 4.02. The Morgan fingerprint density at radius 2 is 2.19 bits per heavy atom. The lowest BCUT2D eigenvalue weighted by atomic mass is 9.80. The van der Waals surface area contributed by atoms with Gasteiger partial charge in [0.15, 0.2) is 0 Å². The summed E-state index contributed by atoms with van der Waals surface area (Å²) in [4.78, 5) is 12.4. The van der Waals surface area contributed by atoms with E-state index in [9.17, 15) is 4.79 Å². The third-order valence-corrected chi connectivity index (χ3v) is 4.07. The second-order valence-electron chi connectivity index (χ2n) is 5.53. The molecule has 2 rings (SSSR count). The van der Waals surface area contributed by atoms with E-state index in [0.29, 0.717) is 29.1 Å². The highest BCUT2D eigenvalue weighted by Crippen LogP contribution is 2.33. The molecule has 21 heavy (non-hydrogen) atoms. The monoisotopic (exact) mass is 306 g/mol. The largest absolute Gasteiger partial charge is 0.389 e. The molecule has 1 aromatic rings. The van der Waals surface area contributed by atoms with Gasteiger partial charge in [-0.3, -0.25) is 4.79 Å². The molecule has 1 aliphatic carbocycles. The lowest BCUT2D eigenvalue weighted by Gasteiger charge is -2.34. The molecular weight excluding hydrogens is 284 g/mol. The van der Waals surface area contributed by atoms with Crippen molar-refractivity contribution in [3.05, 3.63) is 29.3 Å². The first-order valence-corrected chi connectivity index (χ1v) is 7.73. The Morgan fingerprint density at radius 3 is 2.81 bits per heavy atom. The number of benzene rings is 1. The smallest absolute Gasteiger partial charge is 0.224 e. The van der Waals surface area contributed by atoms with Crippen molar-refractivity contribution in [3.8, 4) is 0 Å². The number of aryl methyl sites for hydroxylation is 1. The number of amides is 1. The zero-order valence-corrected chi connectivity index (χ0v) is 13.3. The van der Waals surface area contributed by atoms with Crippen LogP contribution in [0.15, 0.2) is 18.2 Å². The first-order valence-electron chi connectivity index (χ1n) is 7.32. The third-order valence-electron chi connectivity index (χ3n) is 3.86. The van der Waals surface area contributed by atoms with Crippen LogP contribution in [-0.2, 0) is 9.53 Å². The van der Waals surface area contributed by atoms with E-state index in [-0.39, 0.29) is 5.91 Å². The van der Waals surface area contributed by atoms with Gasteiger partial charge in [0.2, 0.25) is 5.91 Å². The Balaban J connectivity index is 1.92. The minimum atomic E-state index is 0.0121. The molecule has 1 fully saturated rings. The molecule has 5 heteroatoms. The SMILES string of the molecule is CCOC1CC(CC(=O)Nc2cccc(C)c2C(N)=S)C1. The first-order chi connectivity index (χ1) is 10.0. The normalized spacial score (nSPS) is 20.7. The van der Waals surface area contributed by atoms with Gasteiger partial charge in [0.25, 0.3) is 0 Å². The summed E-state index contributed by atoms with van der Waals surface area (Å²) in [6.45, 7) is 4.67. The number of hydrogen-bond donors (Lipinski definition) is 2. The topological polar surface area (TPSA) is 64.3 Å². The molecule has 1 aromatic carbocycles. The molecule has 3 N–H and O–H groups in total. The lowest BCUT2D eigenvalue weighted by Crippen LogP contribution is -2.34. The number of anilines is 1. The van der Waals surface area contributed by atoms with Gasteiger partial charge in [0.1, 0.15) is 4.99 Å². The molecule has 0 aromatic heterocycles. The van der Waals surface area contributed by atoms with Crippen LogP contribution in [0.1, 0.15) is 37.3 Å². The fraction of sp³-hybridized carbons (Fsp3) is 0.500. The highest BCUT2D eigenvalue weighted by Gasteiger charge is 2.31. The van der Waals surface area contributed by atoms with Crippen LogP contribution in [-0.4, -0.2) is 23.6 Å². The number of nitrogens with one attached hydrogen (secondary N) is 1. The Labute approximate surface area is 131 Å². The van der Waals surface area contributed by atoms with Gasteiger partial charge in [0.05, 0.1) is 11.8 Å². The second-order valence-corrected chi connectivity index (χ2v) is 5.97. The number of carbonyl (C=O) groups is 1. The molecule has 0 spiro atoms. The van der Waals surface area contributed by atoms with Gasteiger partial charge in [-0.05, 0) is 44.2 Å². The summed E-state index contributed by atoms with van der Waals surface area (Å²) in [5.74, 6) is 0.428. The van der Waals surface area contributed by atoms with Crippen molar-refractivity contribution in [1.82, 2.24) is 0 Å². The van der Waals surface area contributed by atoms with Gasteiger partial charge in [-0.1, -0.05) is 24.4 Å². The van der Waals surface area contributed by atoms with Gasteiger partial charge in [-0.15, -0.1) is 0 Å². The molecule has 0 aliphatic heterocycles. The highest BCUT2D eigenvalue weighted by molar-refractivity contribution is 7.80. The van der Waals surface area contributed by atoms with Crippen LogP contribution in [0.2, 0.25) is 0 Å². The Bertz CT molecular complexity index is 539. The maximum atomic E-state index is 12.1. The van der Waals surface area contributed by atoms with Gasteiger partial charge in [-0.25, -0.2) is 0 Å². The Morgan fingerprint density at radius 1 is 1.48 bits per heavy atom. The summed E-state index contributed by atoms with van der Waals surface area (Å²) in [7, 11) is 0. The summed E-state index contributed by atoms with van der Waals surface area (Å²) in [6.07, 6.45) is 2.79. The number of rotatable bonds is 6. The summed E-state index contributed by atoms with van der Waals surface area (Å²) in [5, 5.41) is 2.93. The average molecular weight is 306 g/mol. The van der Waals surface area contributed by atoms with E-state index in [1.165, 1.54) is 0 Å². The quantitative estimate of drug-likeness (QED) is 0.793. The molecule has 4 nitrogen and oxygen atoms in total. The first kappa shape index (κ1) is 15.9. The van der Waals surface area contributed by atoms with E-state index < -0.39 is 0 Å². The highest BCUT2D eigenvalue weighted by atomic mass is 32.1. The summed E-state index contributed by atoms with van der Waals surface area (Å²) < 4.78 is 5.51. The fourth-order valence-electron chi connectivity index (χ4n) is 2.78. The van der Waals surface area contributed by atoms with Crippen molar-refractivity contribution in [1.29, 1.82) is 0 Å². The van der Waals surface area contributed by atoms with Gasteiger partial charge >= 0.3 is 0 Å². The van der Waals surface area contributed by atoms with Gasteiger partial charge in [0, 0.05) is 18.6 Å². The van der Waals surface area contributed by atoms with Gasteiger partial charge in [-0.2, -0.15) is 0 Å². The molecule has 0 bridgehead atoms. The van der Waals surface area contributed by atoms with E-state index >= 15 is 0 Å². The van der Waals surface area contributed by atoms with Crippen molar-refractivity contribution in [2.75, 3.05) is 11.9 Å². The predicted octanol–water partition coefficient (Wildman–Crippen LogP) is 2.77. The van der Waals surface area contributed by atoms with E-state index in [1.54, 1.807) is 0 Å². The van der Waals surface area contributed by atoms with Crippen molar-refractivity contribution in [2.24, 2.45) is 11.7 Å². The summed E-state index contributed by atoms with van der Waals surface area (Å²) in [6, 6.07) is 5.66. The second kappa shape index (κ2) is 7.00. The Kier molecular flexibility index (Phi) is 5.31. The standard InChI is InChI=1S/C16H22N2O2S/c1-3-20-12-7-11(8-12)9-14(19)18-13-6-4-5-10(2)15(13)16(17)21/h4-6,11-12H,3,7-9H2,1-2H3,(H2,17,21)(H,18,19). The molecule has 0 saturated heterocycles. The van der Waals surface area contributed by atoms with Crippen LogP contribution >= 0.6 is 12.2 Å². The van der Waals surface area contributed by atoms with Gasteiger partial charge < -0.3 is 15.8 Å². The molecule has 114 valence electrons. The maximum Gasteiger partial charge on any atom is 0.224 e. The molecule has 1 aliphatic rings. The summed E-state index contributed by atoms with van der Waals surface area (Å²) >= 11 is 5.07. The molecule has 1 saturated carbocycles. The number of carbonyl (C=O) groups excluding carboxylic acids is 1. The van der Waals surface area contributed by atoms with Crippen LogP contribution in [0.5, 0.6) is 0 Å². The predicted molar refractivity (Wildman–Crippen MR) is 88.5 cm³/mol. The van der Waals surface area contributed by atoms with E-state index in [4.69, 9.17) is 22.7 Å². The van der Waals surface area contributed by atoms with Crippen LogP contribution in [0.25, 0.3) is 0 Å². The van der Waals surface area contributed by atoms with Crippen molar-refractivity contribution in [2.45, 2.75) is 39.2 Å². The zero-order valence-electron chi connectivity index (χ0n) is 12.5. The maximum absolute atomic E-state index is 12.1. The van der Waals surface area contributed by atoms with E-state index in [0.717, 1.165) is 30.6 Å². The Hall–Kier alpha value is -1.46. The minimum Gasteiger partial charge on any atom is -0.389 e. The molecule has 0 radical (unpaired) electrons. The average Bonchev–Trinajstić information content (AvgIpc) is 2.35. The number of nitrogens with two attached hydrogens (primary N) is 1. The molecule has 0 unspecified atom stereocenters. The zero-order chi connectivity index (χ0) is 15.4. The van der Waals surface area contributed by atoms with E-state index in [2.05, 4.69) is 5.32 Å². The number of ether oxygens (including phenoxy) is 1. The van der Waals surface area contributed by atoms with Crippen LogP contribution in [0, 0.1) is 12.8 Å². The molecule has 1 amide bonds. The molecular formula is C16H22N2O2S. The van der Waals surface area contributed by atoms with Crippen molar-refractivity contribution < 1.29 is 9.53 Å². The van der Waals surface area contributed by atoms with E-state index in [1.807, 2.05) is 32.0 Å². The molecule has 0 heterocycles. The van der Waals surface area contributed by atoms with Crippen molar-refractivity contribution in [3.63, 3.8) is 0 Å². The fourth-order valence-corrected chi connectivity index (χ4v) is 3.05. The lowest BCUT2D eigenvalue weighted by molar-refractivity contribution is -0.119. The number of thiocarbonyl (C=S) groups is 1. The minimum absolute atomic E-state index is 0.0121. The van der Waals surface area contributed by atoms with Crippen LogP contribution in [0.4, 0.5) is 5.69 Å².